The van der Waals surface area contributed by atoms with Gasteiger partial charge >= 0.3 is 12.1 Å². The summed E-state index contributed by atoms with van der Waals surface area (Å²) in [6.45, 7) is 3.96. The van der Waals surface area contributed by atoms with Gasteiger partial charge in [-0.2, -0.15) is 0 Å². The number of ether oxygens (including phenoxy) is 3. The van der Waals surface area contributed by atoms with Crippen molar-refractivity contribution in [3.8, 4) is 11.5 Å². The number of carbonyl (C=O) groups is 3. The topological polar surface area (TPSA) is 156 Å². The van der Waals surface area contributed by atoms with E-state index in [1.54, 1.807) is 59.5 Å². The molecule has 1 atom stereocenters. The second kappa shape index (κ2) is 15.1. The van der Waals surface area contributed by atoms with E-state index in [9.17, 15) is 14.4 Å². The lowest BCUT2D eigenvalue weighted by Crippen LogP contribution is -2.44. The van der Waals surface area contributed by atoms with Crippen molar-refractivity contribution in [1.29, 1.82) is 5.41 Å². The minimum Gasteiger partial charge on any atom is -0.457 e. The number of hydrogen-bond acceptors (Lipinski definition) is 10. The fourth-order valence-electron chi connectivity index (χ4n) is 4.83. The highest BCUT2D eigenvalue weighted by Gasteiger charge is 2.26. The molecule has 0 bridgehead atoms. The van der Waals surface area contributed by atoms with Crippen molar-refractivity contribution in [3.05, 3.63) is 121 Å². The molecule has 1 saturated heterocycles. The van der Waals surface area contributed by atoms with Gasteiger partial charge in [-0.25, -0.2) is 19.6 Å². The molecule has 5 rings (SSSR count). The van der Waals surface area contributed by atoms with Crippen LogP contribution in [-0.4, -0.2) is 64.5 Å². The van der Waals surface area contributed by atoms with Crippen molar-refractivity contribution < 1.29 is 28.6 Å². The standard InChI is InChI=1S/C34H32N6O6/c1-2-28(41)40-19-9-12-25(20-40)38-31-29(30(35)23-15-17-27(18-16-23)46-26-13-7-4-8-14-26)32(37-21-36-31)39-34(43)45-22-44-33(42)24-10-5-3-6-11-24/h2-8,10-11,13-18,21,25,35H,1,9,12,19-20,22H2,(H2,36,37,38,39,43). The van der Waals surface area contributed by atoms with Crippen LogP contribution in [0.4, 0.5) is 16.4 Å². The average Bonchev–Trinajstić information content (AvgIpc) is 3.09. The molecule has 2 heterocycles. The first-order valence-corrected chi connectivity index (χ1v) is 14.5. The zero-order valence-corrected chi connectivity index (χ0v) is 24.8. The van der Waals surface area contributed by atoms with E-state index in [-0.39, 0.29) is 34.9 Å². The number of esters is 1. The monoisotopic (exact) mass is 620 g/mol. The van der Waals surface area contributed by atoms with Crippen molar-refractivity contribution in [2.45, 2.75) is 18.9 Å². The molecular formula is C34H32N6O6. The van der Waals surface area contributed by atoms with Crippen molar-refractivity contribution >= 4 is 35.3 Å². The molecule has 2 amide bonds. The van der Waals surface area contributed by atoms with E-state index in [1.807, 2.05) is 30.3 Å². The summed E-state index contributed by atoms with van der Waals surface area (Å²) in [6, 6.07) is 24.3. The normalized spacial score (nSPS) is 14.0. The fourth-order valence-corrected chi connectivity index (χ4v) is 4.83. The lowest BCUT2D eigenvalue weighted by atomic mass is 10.0. The van der Waals surface area contributed by atoms with E-state index in [0.717, 1.165) is 12.8 Å². The van der Waals surface area contributed by atoms with Gasteiger partial charge in [0.15, 0.2) is 0 Å². The zero-order chi connectivity index (χ0) is 32.3. The second-order valence-corrected chi connectivity index (χ2v) is 10.2. The van der Waals surface area contributed by atoms with Crippen LogP contribution in [0.1, 0.15) is 34.3 Å². The molecule has 4 aromatic rings. The largest absolute Gasteiger partial charge is 0.457 e. The number of para-hydroxylation sites is 1. The number of benzene rings is 3. The minimum atomic E-state index is -0.952. The SMILES string of the molecule is C=CC(=O)N1CCCC(Nc2ncnc(NC(=O)OCOC(=O)c3ccccc3)c2C(=N)c2ccc(Oc3ccccc3)cc2)C1. The Hall–Kier alpha value is -6.04. The van der Waals surface area contributed by atoms with Gasteiger partial charge in [0.25, 0.3) is 0 Å². The third-order valence-electron chi connectivity index (χ3n) is 7.08. The Morgan fingerprint density at radius 1 is 0.891 bits per heavy atom. The Balaban J connectivity index is 1.35. The van der Waals surface area contributed by atoms with Crippen LogP contribution >= 0.6 is 0 Å². The molecule has 1 unspecified atom stereocenters. The molecule has 1 aliphatic rings. The maximum atomic E-state index is 12.8. The Bertz CT molecular complexity index is 1700. The average molecular weight is 621 g/mol. The van der Waals surface area contributed by atoms with E-state index >= 15 is 0 Å². The molecule has 46 heavy (non-hydrogen) atoms. The molecule has 1 aliphatic heterocycles. The Kier molecular flexibility index (Phi) is 10.3. The molecule has 1 aromatic heterocycles. The number of rotatable bonds is 11. The molecule has 0 aliphatic carbocycles. The lowest BCUT2D eigenvalue weighted by Gasteiger charge is -2.33. The Labute approximate surface area is 265 Å². The van der Waals surface area contributed by atoms with Gasteiger partial charge in [-0.1, -0.05) is 43.0 Å². The van der Waals surface area contributed by atoms with E-state index in [1.165, 1.54) is 12.4 Å². The highest BCUT2D eigenvalue weighted by atomic mass is 16.7. The highest BCUT2D eigenvalue weighted by Crippen LogP contribution is 2.28. The van der Waals surface area contributed by atoms with Gasteiger partial charge in [0.2, 0.25) is 12.7 Å². The third kappa shape index (κ3) is 8.11. The van der Waals surface area contributed by atoms with Crippen LogP contribution in [0.2, 0.25) is 0 Å². The smallest absolute Gasteiger partial charge is 0.415 e. The number of anilines is 2. The van der Waals surface area contributed by atoms with Crippen LogP contribution in [0.3, 0.4) is 0 Å². The number of likely N-dealkylation sites (tertiary alicyclic amines) is 1. The minimum absolute atomic E-state index is 0.00123. The second-order valence-electron chi connectivity index (χ2n) is 10.2. The maximum Gasteiger partial charge on any atom is 0.415 e. The number of piperidine rings is 1. The molecule has 1 fully saturated rings. The summed E-state index contributed by atoms with van der Waals surface area (Å²) < 4.78 is 16.0. The van der Waals surface area contributed by atoms with Crippen LogP contribution < -0.4 is 15.4 Å². The summed E-state index contributed by atoms with van der Waals surface area (Å²) in [5.41, 5.74) is 1.02. The molecule has 3 N–H and O–H groups in total. The summed E-state index contributed by atoms with van der Waals surface area (Å²) in [7, 11) is 0. The van der Waals surface area contributed by atoms with Gasteiger partial charge in [-0.05, 0) is 67.4 Å². The lowest BCUT2D eigenvalue weighted by molar-refractivity contribution is -0.127. The van der Waals surface area contributed by atoms with Gasteiger partial charge < -0.3 is 24.4 Å². The molecule has 3 aromatic carbocycles. The van der Waals surface area contributed by atoms with E-state index < -0.39 is 18.9 Å². The summed E-state index contributed by atoms with van der Waals surface area (Å²) in [5, 5.41) is 15.0. The van der Waals surface area contributed by atoms with Crippen LogP contribution in [0.5, 0.6) is 11.5 Å². The summed E-state index contributed by atoms with van der Waals surface area (Å²) in [4.78, 5) is 47.6. The quantitative estimate of drug-likeness (QED) is 0.0836. The Morgan fingerprint density at radius 2 is 1.57 bits per heavy atom. The van der Waals surface area contributed by atoms with Crippen molar-refractivity contribution in [2.75, 3.05) is 30.5 Å². The van der Waals surface area contributed by atoms with E-state index in [0.29, 0.717) is 35.7 Å². The van der Waals surface area contributed by atoms with Crippen LogP contribution in [0, 0.1) is 5.41 Å². The first-order chi connectivity index (χ1) is 22.4. The van der Waals surface area contributed by atoms with Gasteiger partial charge in [0.1, 0.15) is 29.5 Å². The van der Waals surface area contributed by atoms with Gasteiger partial charge in [-0.3, -0.25) is 15.5 Å². The number of amides is 2. The first kappa shape index (κ1) is 31.4. The summed E-state index contributed by atoms with van der Waals surface area (Å²) >= 11 is 0. The van der Waals surface area contributed by atoms with Crippen molar-refractivity contribution in [3.63, 3.8) is 0 Å². The molecule has 0 radical (unpaired) electrons. The Morgan fingerprint density at radius 3 is 2.28 bits per heavy atom. The summed E-state index contributed by atoms with van der Waals surface area (Å²) in [6.07, 6.45) is 3.09. The van der Waals surface area contributed by atoms with Crippen LogP contribution in [0.25, 0.3) is 0 Å². The molecule has 0 spiro atoms. The zero-order valence-electron chi connectivity index (χ0n) is 24.8. The highest BCUT2D eigenvalue weighted by molar-refractivity contribution is 6.17. The maximum absolute atomic E-state index is 12.8. The van der Waals surface area contributed by atoms with E-state index in [2.05, 4.69) is 27.2 Å². The number of nitrogens with zero attached hydrogens (tertiary/aromatic N) is 3. The molecular weight excluding hydrogens is 588 g/mol. The fraction of sp³-hybridized carbons (Fsp3) is 0.176. The van der Waals surface area contributed by atoms with Gasteiger partial charge in [0.05, 0.1) is 16.8 Å². The van der Waals surface area contributed by atoms with Crippen LogP contribution in [-0.2, 0) is 14.3 Å². The van der Waals surface area contributed by atoms with Gasteiger partial charge in [0, 0.05) is 24.7 Å². The summed E-state index contributed by atoms with van der Waals surface area (Å²) in [5.74, 6) is 0.712. The predicted octanol–water partition coefficient (Wildman–Crippen LogP) is 5.64. The number of carbonyl (C=O) groups excluding carboxylic acids is 3. The predicted molar refractivity (Wildman–Crippen MR) is 171 cm³/mol. The molecule has 12 nitrogen and oxygen atoms in total. The first-order valence-electron chi connectivity index (χ1n) is 14.5. The van der Waals surface area contributed by atoms with Gasteiger partial charge in [-0.15, -0.1) is 0 Å². The molecule has 0 saturated carbocycles. The van der Waals surface area contributed by atoms with Crippen LogP contribution in [0.15, 0.2) is 104 Å². The number of nitrogens with one attached hydrogen (secondary N) is 3. The third-order valence-corrected chi connectivity index (χ3v) is 7.08. The molecule has 234 valence electrons. The van der Waals surface area contributed by atoms with Crippen molar-refractivity contribution in [2.24, 2.45) is 0 Å². The van der Waals surface area contributed by atoms with E-state index in [4.69, 9.17) is 19.6 Å². The number of aromatic nitrogens is 2. The van der Waals surface area contributed by atoms with Crippen molar-refractivity contribution in [1.82, 2.24) is 14.9 Å². The molecule has 12 heteroatoms. The number of hydrogen-bond donors (Lipinski definition) is 3.